The van der Waals surface area contributed by atoms with E-state index in [0.29, 0.717) is 10.0 Å². The third-order valence-electron chi connectivity index (χ3n) is 3.90. The van der Waals surface area contributed by atoms with Crippen molar-refractivity contribution in [3.05, 3.63) is 34.1 Å². The van der Waals surface area contributed by atoms with E-state index in [1.54, 1.807) is 25.1 Å². The van der Waals surface area contributed by atoms with Gasteiger partial charge in [0.2, 0.25) is 0 Å². The predicted molar refractivity (Wildman–Crippen MR) is 70.2 cm³/mol. The number of hydrogen-bond donors (Lipinski definition) is 1. The summed E-state index contributed by atoms with van der Waals surface area (Å²) in [6, 6.07) is 5.13. The van der Waals surface area contributed by atoms with Crippen molar-refractivity contribution >= 4 is 15.9 Å². The molecular formula is C14H18BrFO. The SMILES string of the molecule is CC(O)(c1cccc(Br)c1F)C1CCCCC1. The van der Waals surface area contributed by atoms with Crippen LogP contribution >= 0.6 is 15.9 Å². The summed E-state index contributed by atoms with van der Waals surface area (Å²) in [5.74, 6) is -0.164. The van der Waals surface area contributed by atoms with E-state index in [1.807, 2.05) is 0 Å². The van der Waals surface area contributed by atoms with Crippen LogP contribution in [0.2, 0.25) is 0 Å². The molecule has 3 heteroatoms. The van der Waals surface area contributed by atoms with Gasteiger partial charge in [-0.25, -0.2) is 4.39 Å². The zero-order valence-electron chi connectivity index (χ0n) is 10.0. The fraction of sp³-hybridized carbons (Fsp3) is 0.571. The third-order valence-corrected chi connectivity index (χ3v) is 4.51. The topological polar surface area (TPSA) is 20.2 Å². The van der Waals surface area contributed by atoms with Crippen LogP contribution in [0.1, 0.15) is 44.6 Å². The second-order valence-corrected chi connectivity index (χ2v) is 5.94. The highest BCUT2D eigenvalue weighted by Gasteiger charge is 2.36. The second kappa shape index (κ2) is 5.07. The molecular weight excluding hydrogens is 283 g/mol. The van der Waals surface area contributed by atoms with Crippen molar-refractivity contribution in [1.82, 2.24) is 0 Å². The van der Waals surface area contributed by atoms with Crippen LogP contribution in [0.4, 0.5) is 4.39 Å². The molecule has 1 fully saturated rings. The first-order valence-corrected chi connectivity index (χ1v) is 6.99. The van der Waals surface area contributed by atoms with Crippen molar-refractivity contribution in [2.75, 3.05) is 0 Å². The molecule has 0 bridgehead atoms. The van der Waals surface area contributed by atoms with Gasteiger partial charge >= 0.3 is 0 Å². The minimum absolute atomic E-state index is 0.167. The first-order valence-electron chi connectivity index (χ1n) is 6.20. The van der Waals surface area contributed by atoms with Gasteiger partial charge in [0.1, 0.15) is 5.82 Å². The maximum atomic E-state index is 14.0. The maximum Gasteiger partial charge on any atom is 0.143 e. The van der Waals surface area contributed by atoms with Crippen molar-refractivity contribution in [3.8, 4) is 0 Å². The van der Waals surface area contributed by atoms with Crippen LogP contribution in [0.25, 0.3) is 0 Å². The molecule has 0 saturated heterocycles. The third kappa shape index (κ3) is 2.55. The smallest absolute Gasteiger partial charge is 0.143 e. The summed E-state index contributed by atoms with van der Waals surface area (Å²) in [5, 5.41) is 10.7. The zero-order valence-corrected chi connectivity index (χ0v) is 11.6. The molecule has 0 radical (unpaired) electrons. The fourth-order valence-electron chi connectivity index (χ4n) is 2.78. The zero-order chi connectivity index (χ0) is 12.5. The highest BCUT2D eigenvalue weighted by molar-refractivity contribution is 9.10. The number of halogens is 2. The van der Waals surface area contributed by atoms with E-state index in [4.69, 9.17) is 0 Å². The van der Waals surface area contributed by atoms with Crippen molar-refractivity contribution in [1.29, 1.82) is 0 Å². The molecule has 0 heterocycles. The van der Waals surface area contributed by atoms with E-state index in [0.717, 1.165) is 25.7 Å². The summed E-state index contributed by atoms with van der Waals surface area (Å²) in [6.07, 6.45) is 5.47. The van der Waals surface area contributed by atoms with Crippen LogP contribution < -0.4 is 0 Å². The van der Waals surface area contributed by atoms with Gasteiger partial charge in [-0.15, -0.1) is 0 Å². The Morgan fingerprint density at radius 1 is 1.29 bits per heavy atom. The van der Waals surface area contributed by atoms with Crippen LogP contribution in [0.3, 0.4) is 0 Å². The van der Waals surface area contributed by atoms with Gasteiger partial charge in [-0.05, 0) is 47.7 Å². The first kappa shape index (κ1) is 13.0. The number of rotatable bonds is 2. The Labute approximate surface area is 110 Å². The largest absolute Gasteiger partial charge is 0.385 e. The Bertz CT molecular complexity index is 397. The van der Waals surface area contributed by atoms with Gasteiger partial charge in [0, 0.05) is 5.56 Å². The highest BCUT2D eigenvalue weighted by atomic mass is 79.9. The van der Waals surface area contributed by atoms with E-state index in [-0.39, 0.29) is 11.7 Å². The molecule has 1 aromatic rings. The lowest BCUT2D eigenvalue weighted by atomic mass is 9.74. The standard InChI is InChI=1S/C14H18BrFO/c1-14(17,10-6-3-2-4-7-10)11-8-5-9-12(15)13(11)16/h5,8-10,17H,2-4,6-7H2,1H3. The van der Waals surface area contributed by atoms with Crippen molar-refractivity contribution in [3.63, 3.8) is 0 Å². The van der Waals surface area contributed by atoms with Crippen molar-refractivity contribution in [2.24, 2.45) is 5.92 Å². The molecule has 1 aliphatic carbocycles. The lowest BCUT2D eigenvalue weighted by Gasteiger charge is -2.36. The summed E-state index contributed by atoms with van der Waals surface area (Å²) in [7, 11) is 0. The Morgan fingerprint density at radius 3 is 2.59 bits per heavy atom. The lowest BCUT2D eigenvalue weighted by Crippen LogP contribution is -2.34. The van der Waals surface area contributed by atoms with Gasteiger partial charge in [0.25, 0.3) is 0 Å². The molecule has 0 aliphatic heterocycles. The summed E-state index contributed by atoms with van der Waals surface area (Å²) < 4.78 is 14.5. The molecule has 94 valence electrons. The molecule has 0 spiro atoms. The van der Waals surface area contributed by atoms with Crippen molar-refractivity contribution in [2.45, 2.75) is 44.6 Å². The molecule has 0 aromatic heterocycles. The molecule has 1 atom stereocenters. The lowest BCUT2D eigenvalue weighted by molar-refractivity contribution is -0.0244. The molecule has 2 rings (SSSR count). The summed E-state index contributed by atoms with van der Waals surface area (Å²) in [6.45, 7) is 1.74. The number of hydrogen-bond acceptors (Lipinski definition) is 1. The fourth-order valence-corrected chi connectivity index (χ4v) is 3.15. The van der Waals surface area contributed by atoms with Crippen LogP contribution in [-0.4, -0.2) is 5.11 Å². The Balaban J connectivity index is 2.32. The van der Waals surface area contributed by atoms with Gasteiger partial charge in [0.15, 0.2) is 0 Å². The second-order valence-electron chi connectivity index (χ2n) is 5.08. The first-order chi connectivity index (χ1) is 8.03. The summed E-state index contributed by atoms with van der Waals surface area (Å²) in [4.78, 5) is 0. The molecule has 0 amide bonds. The monoisotopic (exact) mass is 300 g/mol. The summed E-state index contributed by atoms with van der Waals surface area (Å²) in [5.41, 5.74) is -0.646. The molecule has 1 aliphatic rings. The van der Waals surface area contributed by atoms with Crippen LogP contribution in [0, 0.1) is 11.7 Å². The number of benzene rings is 1. The summed E-state index contributed by atoms with van der Waals surface area (Å²) >= 11 is 3.18. The van der Waals surface area contributed by atoms with Crippen LogP contribution in [-0.2, 0) is 5.60 Å². The van der Waals surface area contributed by atoms with Gasteiger partial charge in [0.05, 0.1) is 10.1 Å². The Hall–Kier alpha value is -0.410. The van der Waals surface area contributed by atoms with Crippen LogP contribution in [0.5, 0.6) is 0 Å². The molecule has 1 nitrogen and oxygen atoms in total. The predicted octanol–water partition coefficient (Wildman–Crippen LogP) is 4.38. The van der Waals surface area contributed by atoms with Gasteiger partial charge in [-0.1, -0.05) is 31.4 Å². The number of aliphatic hydroxyl groups is 1. The Morgan fingerprint density at radius 2 is 1.94 bits per heavy atom. The normalized spacial score (nSPS) is 21.2. The van der Waals surface area contributed by atoms with E-state index < -0.39 is 5.60 Å². The van der Waals surface area contributed by atoms with E-state index >= 15 is 0 Å². The molecule has 1 aromatic carbocycles. The average molecular weight is 301 g/mol. The van der Waals surface area contributed by atoms with Gasteiger partial charge in [-0.2, -0.15) is 0 Å². The van der Waals surface area contributed by atoms with E-state index in [1.165, 1.54) is 6.42 Å². The Kier molecular flexibility index (Phi) is 3.88. The average Bonchev–Trinajstić information content (AvgIpc) is 2.33. The highest BCUT2D eigenvalue weighted by Crippen LogP contribution is 2.40. The van der Waals surface area contributed by atoms with Gasteiger partial charge < -0.3 is 5.11 Å². The maximum absolute atomic E-state index is 14.0. The van der Waals surface area contributed by atoms with Crippen LogP contribution in [0.15, 0.2) is 22.7 Å². The minimum atomic E-state index is -1.06. The quantitative estimate of drug-likeness (QED) is 0.859. The minimum Gasteiger partial charge on any atom is -0.385 e. The molecule has 1 saturated carbocycles. The van der Waals surface area contributed by atoms with E-state index in [9.17, 15) is 9.50 Å². The van der Waals surface area contributed by atoms with E-state index in [2.05, 4.69) is 15.9 Å². The molecule has 1 N–H and O–H groups in total. The van der Waals surface area contributed by atoms with Gasteiger partial charge in [-0.3, -0.25) is 0 Å². The molecule has 17 heavy (non-hydrogen) atoms. The van der Waals surface area contributed by atoms with Crippen molar-refractivity contribution < 1.29 is 9.50 Å². The molecule has 1 unspecified atom stereocenters.